The number of hydrogen-bond acceptors (Lipinski definition) is 5. The van der Waals surface area contributed by atoms with E-state index < -0.39 is 5.41 Å². The maximum Gasteiger partial charge on any atom is 0.230 e. The molecule has 1 atom stereocenters. The van der Waals surface area contributed by atoms with Gasteiger partial charge in [0.25, 0.3) is 0 Å². The maximum atomic E-state index is 12.9. The van der Waals surface area contributed by atoms with Crippen molar-refractivity contribution in [1.29, 1.82) is 5.26 Å². The Morgan fingerprint density at radius 1 is 1.36 bits per heavy atom. The summed E-state index contributed by atoms with van der Waals surface area (Å²) in [7, 11) is 0. The second kappa shape index (κ2) is 7.01. The Kier molecular flexibility index (Phi) is 4.96. The van der Waals surface area contributed by atoms with Gasteiger partial charge in [0.15, 0.2) is 0 Å². The van der Waals surface area contributed by atoms with Crippen LogP contribution in [0.4, 0.5) is 5.82 Å². The maximum absolute atomic E-state index is 12.9. The molecular formula is C19H26N4O2. The van der Waals surface area contributed by atoms with Gasteiger partial charge in [0, 0.05) is 31.9 Å². The zero-order valence-electron chi connectivity index (χ0n) is 15.0. The second-order valence-electron chi connectivity index (χ2n) is 7.45. The molecule has 1 aromatic rings. The third kappa shape index (κ3) is 3.21. The molecule has 1 aromatic heterocycles. The molecule has 3 heterocycles. The number of pyridine rings is 1. The van der Waals surface area contributed by atoms with Crippen LogP contribution in [0.2, 0.25) is 0 Å². The SMILES string of the molecule is CC(C)c1ccc(C#N)c(N2CC[C@@]3(CCCN(CCO)C3=O)C2)n1. The summed E-state index contributed by atoms with van der Waals surface area (Å²) in [6.07, 6.45) is 2.62. The molecule has 0 aliphatic carbocycles. The van der Waals surface area contributed by atoms with E-state index in [9.17, 15) is 15.2 Å². The summed E-state index contributed by atoms with van der Waals surface area (Å²) in [5, 5.41) is 18.7. The minimum absolute atomic E-state index is 0.00209. The van der Waals surface area contributed by atoms with Crippen LogP contribution in [0, 0.1) is 16.7 Å². The van der Waals surface area contributed by atoms with E-state index >= 15 is 0 Å². The van der Waals surface area contributed by atoms with Crippen LogP contribution < -0.4 is 4.90 Å². The van der Waals surface area contributed by atoms with E-state index in [1.165, 1.54) is 0 Å². The molecule has 1 amide bonds. The summed E-state index contributed by atoms with van der Waals surface area (Å²) in [4.78, 5) is 21.6. The lowest BCUT2D eigenvalue weighted by Gasteiger charge is -2.39. The van der Waals surface area contributed by atoms with E-state index in [4.69, 9.17) is 4.98 Å². The molecule has 0 saturated carbocycles. The minimum Gasteiger partial charge on any atom is -0.395 e. The highest BCUT2D eigenvalue weighted by Crippen LogP contribution is 2.41. The highest BCUT2D eigenvalue weighted by atomic mass is 16.3. The Labute approximate surface area is 149 Å². The quantitative estimate of drug-likeness (QED) is 0.904. The van der Waals surface area contributed by atoms with Gasteiger partial charge in [-0.3, -0.25) is 4.79 Å². The van der Waals surface area contributed by atoms with Crippen LogP contribution in [0.3, 0.4) is 0 Å². The van der Waals surface area contributed by atoms with E-state index in [0.717, 1.165) is 38.0 Å². The van der Waals surface area contributed by atoms with Gasteiger partial charge in [0.2, 0.25) is 5.91 Å². The van der Waals surface area contributed by atoms with Crippen LogP contribution in [-0.2, 0) is 4.79 Å². The molecule has 1 N–H and O–H groups in total. The summed E-state index contributed by atoms with van der Waals surface area (Å²) in [6, 6.07) is 5.98. The Morgan fingerprint density at radius 3 is 2.84 bits per heavy atom. The van der Waals surface area contributed by atoms with Crippen LogP contribution in [0.15, 0.2) is 12.1 Å². The molecule has 0 bridgehead atoms. The van der Waals surface area contributed by atoms with Crippen LogP contribution in [0.1, 0.15) is 50.3 Å². The number of carbonyl (C=O) groups excluding carboxylic acids is 1. The number of amides is 1. The zero-order chi connectivity index (χ0) is 18.0. The van der Waals surface area contributed by atoms with E-state index in [-0.39, 0.29) is 12.5 Å². The fourth-order valence-electron chi connectivity index (χ4n) is 4.03. The van der Waals surface area contributed by atoms with Crippen LogP contribution in [0.5, 0.6) is 0 Å². The fraction of sp³-hybridized carbons (Fsp3) is 0.632. The molecule has 2 fully saturated rings. The molecule has 25 heavy (non-hydrogen) atoms. The molecule has 3 rings (SSSR count). The van der Waals surface area contributed by atoms with Gasteiger partial charge in [-0.05, 0) is 37.3 Å². The number of aliphatic hydroxyl groups excluding tert-OH is 1. The highest BCUT2D eigenvalue weighted by molar-refractivity contribution is 5.85. The molecule has 6 heteroatoms. The molecule has 0 aromatic carbocycles. The second-order valence-corrected chi connectivity index (χ2v) is 7.45. The summed E-state index contributed by atoms with van der Waals surface area (Å²) in [6.45, 7) is 6.65. The number of anilines is 1. The van der Waals surface area contributed by atoms with Gasteiger partial charge in [-0.25, -0.2) is 4.98 Å². The monoisotopic (exact) mass is 342 g/mol. The largest absolute Gasteiger partial charge is 0.395 e. The zero-order valence-corrected chi connectivity index (χ0v) is 15.0. The first-order valence-corrected chi connectivity index (χ1v) is 9.07. The average Bonchev–Trinajstić information content (AvgIpc) is 3.03. The predicted octanol–water partition coefficient (Wildman–Crippen LogP) is 1.89. The van der Waals surface area contributed by atoms with Gasteiger partial charge in [-0.2, -0.15) is 5.26 Å². The van der Waals surface area contributed by atoms with Crippen molar-refractivity contribution in [2.24, 2.45) is 5.41 Å². The van der Waals surface area contributed by atoms with Crippen LogP contribution in [-0.4, -0.2) is 53.7 Å². The lowest BCUT2D eigenvalue weighted by atomic mass is 9.78. The van der Waals surface area contributed by atoms with Crippen molar-refractivity contribution in [3.8, 4) is 6.07 Å². The summed E-state index contributed by atoms with van der Waals surface area (Å²) < 4.78 is 0. The lowest BCUT2D eigenvalue weighted by molar-refractivity contribution is -0.145. The normalized spacial score (nSPS) is 23.6. The standard InChI is InChI=1S/C19H26N4O2/c1-14(2)16-5-4-15(12-20)17(21-16)23-9-7-19(13-23)6-3-8-22(10-11-24)18(19)25/h4-5,14,24H,3,6-11,13H2,1-2H3/t19-/m0/s1. The van der Waals surface area contributed by atoms with Crippen molar-refractivity contribution in [3.05, 3.63) is 23.4 Å². The number of β-amino-alcohol motifs (C(OH)–C–C–N with tert-alkyl or cyclic N) is 1. The third-order valence-electron chi connectivity index (χ3n) is 5.46. The van der Waals surface area contributed by atoms with Gasteiger partial charge in [0.05, 0.1) is 17.6 Å². The first-order chi connectivity index (χ1) is 12.0. The molecular weight excluding hydrogens is 316 g/mol. The topological polar surface area (TPSA) is 80.5 Å². The molecule has 0 unspecified atom stereocenters. The fourth-order valence-corrected chi connectivity index (χ4v) is 4.03. The van der Waals surface area contributed by atoms with Gasteiger partial charge < -0.3 is 14.9 Å². The first kappa shape index (κ1) is 17.7. The molecule has 2 aliphatic heterocycles. The van der Waals surface area contributed by atoms with E-state index in [1.807, 2.05) is 12.1 Å². The Morgan fingerprint density at radius 2 is 2.16 bits per heavy atom. The molecule has 134 valence electrons. The van der Waals surface area contributed by atoms with Crippen molar-refractivity contribution in [2.45, 2.75) is 39.0 Å². The first-order valence-electron chi connectivity index (χ1n) is 9.07. The Bertz CT molecular complexity index is 695. The number of nitriles is 1. The van der Waals surface area contributed by atoms with Crippen molar-refractivity contribution in [2.75, 3.05) is 37.7 Å². The minimum atomic E-state index is -0.393. The van der Waals surface area contributed by atoms with E-state index in [0.29, 0.717) is 30.4 Å². The van der Waals surface area contributed by atoms with Crippen LogP contribution >= 0.6 is 0 Å². The Hall–Kier alpha value is -2.13. The number of aromatic nitrogens is 1. The van der Waals surface area contributed by atoms with Crippen molar-refractivity contribution >= 4 is 11.7 Å². The summed E-state index contributed by atoms with van der Waals surface area (Å²) >= 11 is 0. The number of aliphatic hydroxyl groups is 1. The van der Waals surface area contributed by atoms with Gasteiger partial charge in [-0.1, -0.05) is 13.8 Å². The summed E-state index contributed by atoms with van der Waals surface area (Å²) in [5.74, 6) is 1.14. The van der Waals surface area contributed by atoms with Crippen LogP contribution in [0.25, 0.3) is 0 Å². The average molecular weight is 342 g/mol. The van der Waals surface area contributed by atoms with Gasteiger partial charge in [0.1, 0.15) is 11.9 Å². The predicted molar refractivity (Wildman–Crippen MR) is 95.2 cm³/mol. The lowest BCUT2D eigenvalue weighted by Crippen LogP contribution is -2.50. The number of carbonyl (C=O) groups is 1. The molecule has 1 spiro atoms. The number of rotatable bonds is 4. The van der Waals surface area contributed by atoms with Gasteiger partial charge in [-0.15, -0.1) is 0 Å². The van der Waals surface area contributed by atoms with E-state index in [1.54, 1.807) is 4.90 Å². The number of nitrogens with zero attached hydrogens (tertiary/aromatic N) is 4. The smallest absolute Gasteiger partial charge is 0.230 e. The molecule has 2 saturated heterocycles. The van der Waals surface area contributed by atoms with Crippen molar-refractivity contribution < 1.29 is 9.90 Å². The van der Waals surface area contributed by atoms with Crippen molar-refractivity contribution in [1.82, 2.24) is 9.88 Å². The van der Waals surface area contributed by atoms with Gasteiger partial charge >= 0.3 is 0 Å². The number of hydrogen-bond donors (Lipinski definition) is 1. The number of piperidine rings is 1. The third-order valence-corrected chi connectivity index (χ3v) is 5.46. The summed E-state index contributed by atoms with van der Waals surface area (Å²) in [5.41, 5.74) is 1.14. The van der Waals surface area contributed by atoms with Crippen molar-refractivity contribution in [3.63, 3.8) is 0 Å². The molecule has 0 radical (unpaired) electrons. The number of likely N-dealkylation sites (tertiary alicyclic amines) is 1. The molecule has 6 nitrogen and oxygen atoms in total. The highest BCUT2D eigenvalue weighted by Gasteiger charge is 2.48. The Balaban J connectivity index is 1.86. The molecule has 2 aliphatic rings. The van der Waals surface area contributed by atoms with E-state index in [2.05, 4.69) is 24.8 Å².